The van der Waals surface area contributed by atoms with Crippen molar-refractivity contribution in [2.75, 3.05) is 14.2 Å². The average molecular weight is 340 g/mol. The first-order valence-electron chi connectivity index (χ1n) is 9.29. The number of allylic oxidation sites excluding steroid dienone is 2. The molecule has 25 heavy (non-hydrogen) atoms. The largest absolute Gasteiger partial charge is 0.493 e. The van der Waals surface area contributed by atoms with Gasteiger partial charge in [-0.05, 0) is 53.4 Å². The average Bonchev–Trinajstić information content (AvgIpc) is 3.01. The molecule has 0 saturated heterocycles. The molecule has 1 spiro atoms. The number of carbonyl (C=O) groups excluding carboxylic acids is 1. The summed E-state index contributed by atoms with van der Waals surface area (Å²) >= 11 is 0. The molecule has 3 atom stereocenters. The van der Waals surface area contributed by atoms with E-state index in [1.54, 1.807) is 14.2 Å². The van der Waals surface area contributed by atoms with Crippen LogP contribution in [0.1, 0.15) is 57.9 Å². The summed E-state index contributed by atoms with van der Waals surface area (Å²) in [6.45, 7) is 6.96. The number of ether oxygens (including phenoxy) is 2. The van der Waals surface area contributed by atoms with Gasteiger partial charge in [-0.3, -0.25) is 4.79 Å². The van der Waals surface area contributed by atoms with Gasteiger partial charge in [0.15, 0.2) is 17.3 Å². The highest BCUT2D eigenvalue weighted by Crippen LogP contribution is 2.75. The van der Waals surface area contributed by atoms with E-state index in [9.17, 15) is 4.79 Å². The quantitative estimate of drug-likeness (QED) is 0.785. The van der Waals surface area contributed by atoms with Crippen LogP contribution in [0.5, 0.6) is 11.5 Å². The Morgan fingerprint density at radius 3 is 2.44 bits per heavy atom. The van der Waals surface area contributed by atoms with Gasteiger partial charge in [0.2, 0.25) is 0 Å². The summed E-state index contributed by atoms with van der Waals surface area (Å²) in [5.41, 5.74) is 1.99. The molecule has 2 fully saturated rings. The van der Waals surface area contributed by atoms with E-state index in [1.807, 2.05) is 6.07 Å². The topological polar surface area (TPSA) is 35.5 Å². The molecule has 0 aliphatic heterocycles. The molecular weight excluding hydrogens is 312 g/mol. The predicted molar refractivity (Wildman–Crippen MR) is 98.2 cm³/mol. The van der Waals surface area contributed by atoms with Gasteiger partial charge in [0.25, 0.3) is 0 Å². The molecule has 3 heteroatoms. The lowest BCUT2D eigenvalue weighted by Crippen LogP contribution is -2.54. The second kappa shape index (κ2) is 5.12. The summed E-state index contributed by atoms with van der Waals surface area (Å²) in [6, 6.07) is 6.15. The second-order valence-corrected chi connectivity index (χ2v) is 8.80. The van der Waals surface area contributed by atoms with Crippen LogP contribution in [-0.2, 0) is 4.79 Å². The third kappa shape index (κ3) is 1.79. The first-order valence-corrected chi connectivity index (χ1v) is 9.29. The Morgan fingerprint density at radius 1 is 1.04 bits per heavy atom. The zero-order chi connectivity index (χ0) is 18.0. The molecule has 0 radical (unpaired) electrons. The normalized spacial score (nSPS) is 35.3. The number of rotatable bonds is 3. The minimum atomic E-state index is -0.245. The molecular formula is C22H28O3. The van der Waals surface area contributed by atoms with Crippen molar-refractivity contribution in [1.82, 2.24) is 0 Å². The molecule has 2 saturated carbocycles. The van der Waals surface area contributed by atoms with Crippen molar-refractivity contribution in [1.29, 1.82) is 0 Å². The zero-order valence-corrected chi connectivity index (χ0v) is 15.9. The molecule has 1 aromatic rings. The van der Waals surface area contributed by atoms with Gasteiger partial charge in [-0.15, -0.1) is 0 Å². The molecule has 0 aromatic heterocycles. The Labute approximate surface area is 150 Å². The molecule has 1 aromatic carbocycles. The van der Waals surface area contributed by atoms with Crippen molar-refractivity contribution < 1.29 is 14.3 Å². The molecule has 4 rings (SSSR count). The van der Waals surface area contributed by atoms with E-state index in [4.69, 9.17) is 9.47 Å². The number of ketones is 1. The van der Waals surface area contributed by atoms with E-state index in [2.05, 4.69) is 39.0 Å². The van der Waals surface area contributed by atoms with Gasteiger partial charge in [0.05, 0.1) is 14.2 Å². The Kier molecular flexibility index (Phi) is 3.42. The smallest absolute Gasteiger partial charge is 0.166 e. The highest BCUT2D eigenvalue weighted by atomic mass is 16.5. The van der Waals surface area contributed by atoms with E-state index in [1.165, 1.54) is 12.0 Å². The molecule has 3 nitrogen and oxygen atoms in total. The molecule has 1 unspecified atom stereocenters. The van der Waals surface area contributed by atoms with Gasteiger partial charge in [0, 0.05) is 11.3 Å². The number of fused-ring (bicyclic) bond motifs is 1. The first-order chi connectivity index (χ1) is 11.8. The van der Waals surface area contributed by atoms with Gasteiger partial charge in [-0.25, -0.2) is 0 Å². The maximum absolute atomic E-state index is 13.5. The number of hydrogen-bond donors (Lipinski definition) is 0. The van der Waals surface area contributed by atoms with Crippen LogP contribution in [0.4, 0.5) is 0 Å². The van der Waals surface area contributed by atoms with Crippen LogP contribution in [0.15, 0.2) is 29.8 Å². The van der Waals surface area contributed by atoms with Gasteiger partial charge >= 0.3 is 0 Å². The zero-order valence-electron chi connectivity index (χ0n) is 15.9. The van der Waals surface area contributed by atoms with Gasteiger partial charge in [-0.1, -0.05) is 39.3 Å². The monoisotopic (exact) mass is 340 g/mol. The number of benzene rings is 1. The van der Waals surface area contributed by atoms with Crippen LogP contribution in [0.25, 0.3) is 0 Å². The maximum atomic E-state index is 13.5. The van der Waals surface area contributed by atoms with E-state index in [0.29, 0.717) is 5.78 Å². The summed E-state index contributed by atoms with van der Waals surface area (Å²) in [5, 5.41) is 0. The third-order valence-corrected chi connectivity index (χ3v) is 7.60. The lowest BCUT2D eigenvalue weighted by Gasteiger charge is -2.57. The molecule has 3 aliphatic carbocycles. The Bertz CT molecular complexity index is 775. The predicted octanol–water partition coefficient (Wildman–Crippen LogP) is 4.90. The lowest BCUT2D eigenvalue weighted by atomic mass is 9.44. The second-order valence-electron chi connectivity index (χ2n) is 8.80. The van der Waals surface area contributed by atoms with Crippen molar-refractivity contribution in [3.05, 3.63) is 35.4 Å². The van der Waals surface area contributed by atoms with Gasteiger partial charge in [0.1, 0.15) is 0 Å². The highest BCUT2D eigenvalue weighted by Gasteiger charge is 2.72. The fourth-order valence-corrected chi connectivity index (χ4v) is 6.43. The van der Waals surface area contributed by atoms with Crippen molar-refractivity contribution in [3.8, 4) is 11.5 Å². The minimum Gasteiger partial charge on any atom is -0.493 e. The molecule has 134 valence electrons. The van der Waals surface area contributed by atoms with Crippen molar-refractivity contribution >= 4 is 5.78 Å². The number of carbonyl (C=O) groups is 1. The minimum absolute atomic E-state index is 0.0183. The fraction of sp³-hybridized carbons (Fsp3) is 0.591. The van der Waals surface area contributed by atoms with Crippen LogP contribution < -0.4 is 9.47 Å². The van der Waals surface area contributed by atoms with E-state index >= 15 is 0 Å². The number of Topliss-reactive ketones (excluding diaryl/α,β-unsaturated/α-hetero) is 1. The summed E-state index contributed by atoms with van der Waals surface area (Å²) in [7, 11) is 3.32. The van der Waals surface area contributed by atoms with Gasteiger partial charge < -0.3 is 9.47 Å². The van der Waals surface area contributed by atoms with Gasteiger partial charge in [-0.2, -0.15) is 0 Å². The Hall–Kier alpha value is -1.77. The highest BCUT2D eigenvalue weighted by molar-refractivity contribution is 6.08. The van der Waals surface area contributed by atoms with Crippen LogP contribution in [-0.4, -0.2) is 20.0 Å². The van der Waals surface area contributed by atoms with Crippen molar-refractivity contribution in [3.63, 3.8) is 0 Å². The third-order valence-electron chi connectivity index (χ3n) is 7.60. The SMILES string of the molecule is COc1ccc([C@H]2C3=CC[C@]4(C3=O)C(C)(C)CCCC24C)cc1OC. The standard InChI is InChI=1S/C22H28O3/c1-20(2)10-6-11-21(3)18(15-9-12-22(20,21)19(15)23)14-7-8-16(24-4)17(13-14)25-5/h7-9,13,18H,6,10-12H2,1-5H3/t18-,21?,22-/m0/s1. The van der Waals surface area contributed by atoms with Crippen molar-refractivity contribution in [2.45, 2.75) is 52.4 Å². The van der Waals surface area contributed by atoms with E-state index < -0.39 is 0 Å². The van der Waals surface area contributed by atoms with Crippen LogP contribution in [0.3, 0.4) is 0 Å². The summed E-state index contributed by atoms with van der Waals surface area (Å²) in [5.74, 6) is 2.04. The maximum Gasteiger partial charge on any atom is 0.166 e. The molecule has 0 heterocycles. The summed E-state index contributed by atoms with van der Waals surface area (Å²) < 4.78 is 10.9. The van der Waals surface area contributed by atoms with Crippen LogP contribution in [0, 0.1) is 16.2 Å². The lowest BCUT2D eigenvalue weighted by molar-refractivity contribution is -0.145. The summed E-state index contributed by atoms with van der Waals surface area (Å²) in [4.78, 5) is 13.5. The summed E-state index contributed by atoms with van der Waals surface area (Å²) in [6.07, 6.45) is 6.56. The number of methoxy groups -OCH3 is 2. The van der Waals surface area contributed by atoms with Crippen LogP contribution >= 0.6 is 0 Å². The van der Waals surface area contributed by atoms with E-state index in [-0.39, 0.29) is 22.2 Å². The first kappa shape index (κ1) is 16.7. The van der Waals surface area contributed by atoms with E-state index in [0.717, 1.165) is 36.3 Å². The molecule has 0 N–H and O–H groups in total. The van der Waals surface area contributed by atoms with Crippen LogP contribution in [0.2, 0.25) is 0 Å². The Balaban J connectivity index is 1.89. The Morgan fingerprint density at radius 2 is 1.76 bits per heavy atom. The number of hydrogen-bond acceptors (Lipinski definition) is 3. The molecule has 3 aliphatic rings. The molecule has 2 bridgehead atoms. The van der Waals surface area contributed by atoms with Crippen molar-refractivity contribution in [2.24, 2.45) is 16.2 Å². The molecule has 0 amide bonds. The fourth-order valence-electron chi connectivity index (χ4n) is 6.43.